The molecule has 0 heterocycles. The van der Waals surface area contributed by atoms with Gasteiger partial charge in [-0.25, -0.2) is 0 Å². The van der Waals surface area contributed by atoms with Gasteiger partial charge in [-0.3, -0.25) is 0 Å². The molecule has 0 bridgehead atoms. The summed E-state index contributed by atoms with van der Waals surface area (Å²) in [4.78, 5) is 0. The van der Waals surface area contributed by atoms with Gasteiger partial charge in [-0.05, 0) is 0 Å². The number of rotatable bonds is 0. The molecule has 0 fully saturated rings. The number of hydrogen-bond donors (Lipinski definition) is 0. The molecule has 22 valence electrons. The van der Waals surface area contributed by atoms with E-state index in [9.17, 15) is 0 Å². The Morgan fingerprint density at radius 1 is 1.25 bits per heavy atom. The average Bonchev–Trinajstić information content (AvgIpc) is 0. The Balaban J connectivity index is 0. The Hall–Kier alpha value is 4.45. The molecule has 0 aromatic heterocycles. The third-order valence-electron chi connectivity index (χ3n) is 0. The predicted molar refractivity (Wildman–Crippen MR) is 16.0 cm³/mol. The van der Waals surface area contributed by atoms with E-state index in [0.717, 1.165) is 0 Å². The first-order valence-corrected chi connectivity index (χ1v) is 0. The largest absolute Gasteiger partial charge is 2.00 e. The Labute approximate surface area is 138 Å². The van der Waals surface area contributed by atoms with Crippen molar-refractivity contribution in [2.75, 3.05) is 0 Å². The van der Waals surface area contributed by atoms with Crippen LogP contribution in [0.1, 0.15) is 5.71 Å². The van der Waals surface area contributed by atoms with E-state index in [2.05, 4.69) is 0 Å². The molecular weight excluding hydrogens is 330 g/mol. The van der Waals surface area contributed by atoms with Crippen LogP contribution < -0.4 is 0 Å². The fourth-order valence-electron chi connectivity index (χ4n) is 0. The Kier molecular flexibility index (Phi) is 92.6. The minimum Gasteiger partial charge on any atom is -1.00 e. The first-order chi connectivity index (χ1) is 0. The third kappa shape index (κ3) is 9.68. The van der Waals surface area contributed by atoms with E-state index in [4.69, 9.17) is 0 Å². The number of hydrogen-bond acceptors (Lipinski definition) is 0. The molecule has 0 aromatic carbocycles. The summed E-state index contributed by atoms with van der Waals surface area (Å²) in [5.41, 5.74) is 0. The molecule has 0 spiro atoms. The van der Waals surface area contributed by atoms with E-state index >= 15 is 0 Å². The minimum atomic E-state index is 0. The van der Waals surface area contributed by atoms with E-state index in [-0.39, 0.29) is 142 Å². The molecule has 0 aliphatic carbocycles. The Morgan fingerprint density at radius 2 is 1.25 bits per heavy atom. The summed E-state index contributed by atoms with van der Waals surface area (Å²) in [5.74, 6) is 0. The van der Waals surface area contributed by atoms with Gasteiger partial charge in [0, 0.05) is 49.8 Å². The molecule has 0 atom stereocenters. The van der Waals surface area contributed by atoms with Crippen molar-refractivity contribution in [2.45, 2.75) is 0 Å². The van der Waals surface area contributed by atoms with E-state index in [1.165, 1.54) is 0 Å². The average molecular weight is 334 g/mol. The second kappa shape index (κ2) is 15.7. The van der Waals surface area contributed by atoms with Crippen LogP contribution in [0.4, 0.5) is 0 Å². The van der Waals surface area contributed by atoms with E-state index in [1.807, 2.05) is 0 Å². The molecule has 0 nitrogen and oxygen atoms in total. The van der Waals surface area contributed by atoms with Crippen LogP contribution in [0, 0.1) is 0 Å². The van der Waals surface area contributed by atoms with E-state index in [1.54, 1.807) is 0 Å². The van der Waals surface area contributed by atoms with E-state index < -0.39 is 0 Å². The second-order valence-electron chi connectivity index (χ2n) is 0. The van der Waals surface area contributed by atoms with Crippen molar-refractivity contribution in [1.82, 2.24) is 0 Å². The summed E-state index contributed by atoms with van der Waals surface area (Å²) in [7, 11) is 0. The maximum atomic E-state index is 0. The van der Waals surface area contributed by atoms with Crippen LogP contribution in [0.3, 0.4) is 0 Å². The molecule has 2 radical (unpaired) electrons. The molecule has 4 heteroatoms. The third-order valence-corrected chi connectivity index (χ3v) is 0. The molecule has 0 aliphatic heterocycles. The van der Waals surface area contributed by atoms with Crippen molar-refractivity contribution in [3.05, 3.63) is 0 Å². The SMILES string of the molecule is [Ba+2].[Ca+2].[Cu].[H-].[H-].[H-].[H-].[Y]. The molecule has 0 saturated carbocycles. The van der Waals surface area contributed by atoms with Gasteiger partial charge in [0.15, 0.2) is 0 Å². The first-order valence-electron chi connectivity index (χ1n) is 0. The van der Waals surface area contributed by atoms with Gasteiger partial charge >= 0.3 is 86.6 Å². The topological polar surface area (TPSA) is 0 Å². The van der Waals surface area contributed by atoms with Gasteiger partial charge in [0.2, 0.25) is 0 Å². The monoisotopic (exact) mass is 334 g/mol. The van der Waals surface area contributed by atoms with Crippen molar-refractivity contribution in [1.29, 1.82) is 0 Å². The zero-order valence-electron chi connectivity index (χ0n) is 6.29. The molecule has 0 aromatic rings. The van der Waals surface area contributed by atoms with Crippen LogP contribution in [0.25, 0.3) is 0 Å². The standard InChI is InChI=1S/Ba.Ca.Cu.Y.4H/q2*+2;;;4*-1. The zero-order chi connectivity index (χ0) is 0. The zero-order valence-corrected chi connectivity index (χ0v) is 12.7. The van der Waals surface area contributed by atoms with Crippen LogP contribution in [0.2, 0.25) is 0 Å². The van der Waals surface area contributed by atoms with Crippen molar-refractivity contribution in [3.8, 4) is 0 Å². The van der Waals surface area contributed by atoms with Gasteiger partial charge in [0.05, 0.1) is 0 Å². The van der Waals surface area contributed by atoms with Crippen LogP contribution in [-0.4, -0.2) is 86.6 Å². The van der Waals surface area contributed by atoms with Crippen molar-refractivity contribution >= 4 is 86.6 Å². The van der Waals surface area contributed by atoms with Gasteiger partial charge < -0.3 is 5.71 Å². The summed E-state index contributed by atoms with van der Waals surface area (Å²) in [5, 5.41) is 0. The molecule has 0 aliphatic rings. The van der Waals surface area contributed by atoms with Gasteiger partial charge in [0.1, 0.15) is 0 Å². The molecule has 0 amide bonds. The Bertz CT molecular complexity index is 16.0. The minimum absolute atomic E-state index is 0. The maximum Gasteiger partial charge on any atom is 2.00 e. The fraction of sp³-hybridized carbons (Fsp3) is 0. The van der Waals surface area contributed by atoms with Crippen molar-refractivity contribution in [3.63, 3.8) is 0 Å². The van der Waals surface area contributed by atoms with Crippen LogP contribution in [0.15, 0.2) is 0 Å². The predicted octanol–water partition coefficient (Wildman–Crippen LogP) is -0.317. The molecule has 4 heavy (non-hydrogen) atoms. The molecule has 0 N–H and O–H groups in total. The van der Waals surface area contributed by atoms with Crippen LogP contribution in [-0.2, 0) is 49.8 Å². The van der Waals surface area contributed by atoms with Crippen LogP contribution in [0.5, 0.6) is 0 Å². The second-order valence-corrected chi connectivity index (χ2v) is 0. The van der Waals surface area contributed by atoms with Gasteiger partial charge in [0.25, 0.3) is 0 Å². The maximum absolute atomic E-state index is 0. The quantitative estimate of drug-likeness (QED) is 0.533. The molecule has 0 rings (SSSR count). The van der Waals surface area contributed by atoms with Crippen molar-refractivity contribution in [2.24, 2.45) is 0 Å². The van der Waals surface area contributed by atoms with Crippen molar-refractivity contribution < 1.29 is 55.5 Å². The molecule has 0 saturated heterocycles. The van der Waals surface area contributed by atoms with Gasteiger partial charge in [-0.1, -0.05) is 0 Å². The normalized spacial score (nSPS) is 0. The van der Waals surface area contributed by atoms with Gasteiger partial charge in [-0.15, -0.1) is 0 Å². The van der Waals surface area contributed by atoms with E-state index in [0.29, 0.717) is 0 Å². The molecular formula is H4BaCaCuY. The summed E-state index contributed by atoms with van der Waals surface area (Å²) in [6.07, 6.45) is 0. The summed E-state index contributed by atoms with van der Waals surface area (Å²) < 4.78 is 0. The summed E-state index contributed by atoms with van der Waals surface area (Å²) in [6.45, 7) is 0. The van der Waals surface area contributed by atoms with Crippen LogP contribution >= 0.6 is 0 Å². The van der Waals surface area contributed by atoms with Gasteiger partial charge in [-0.2, -0.15) is 0 Å². The summed E-state index contributed by atoms with van der Waals surface area (Å²) in [6, 6.07) is 0. The summed E-state index contributed by atoms with van der Waals surface area (Å²) >= 11 is 0. The molecule has 0 unspecified atom stereocenters. The smallest absolute Gasteiger partial charge is 1.00 e. The fourth-order valence-corrected chi connectivity index (χ4v) is 0. The Morgan fingerprint density at radius 3 is 1.25 bits per heavy atom. The first kappa shape index (κ1) is 23.7.